The van der Waals surface area contributed by atoms with E-state index in [1.165, 1.54) is 6.07 Å². The van der Waals surface area contributed by atoms with E-state index in [-0.39, 0.29) is 35.2 Å². The molecule has 27 heavy (non-hydrogen) atoms. The molecule has 150 valence electrons. The minimum Gasteiger partial charge on any atom is -0.443 e. The molecule has 7 heteroatoms. The number of hydrogen-bond acceptors (Lipinski definition) is 3. The summed E-state index contributed by atoms with van der Waals surface area (Å²) in [6.07, 6.45) is 3.48. The van der Waals surface area contributed by atoms with Gasteiger partial charge in [0.05, 0.1) is 6.20 Å². The lowest BCUT2D eigenvalue weighted by atomic mass is 9.94. The summed E-state index contributed by atoms with van der Waals surface area (Å²) in [6.45, 7) is 10.2. The quantitative estimate of drug-likeness (QED) is 0.262. The normalized spacial score (nSPS) is 11.8. The summed E-state index contributed by atoms with van der Waals surface area (Å²) in [5.41, 5.74) is 0.942. The number of aromatic nitrogens is 1. The number of rotatable bonds is 7. The zero-order valence-electron chi connectivity index (χ0n) is 16.5. The van der Waals surface area contributed by atoms with Gasteiger partial charge in [0.25, 0.3) is 0 Å². The molecule has 1 aromatic heterocycles. The van der Waals surface area contributed by atoms with Gasteiger partial charge >= 0.3 is 0 Å². The molecule has 0 amide bonds. The van der Waals surface area contributed by atoms with Gasteiger partial charge in [-0.1, -0.05) is 32.9 Å². The molecule has 0 bridgehead atoms. The highest BCUT2D eigenvalue weighted by atomic mass is 127. The van der Waals surface area contributed by atoms with Crippen LogP contribution >= 0.6 is 24.0 Å². The van der Waals surface area contributed by atoms with Gasteiger partial charge in [0, 0.05) is 18.5 Å². The molecule has 0 atom stereocenters. The number of nitrogens with zero attached hydrogens (tertiary/aromatic N) is 2. The van der Waals surface area contributed by atoms with E-state index in [9.17, 15) is 4.39 Å². The van der Waals surface area contributed by atoms with E-state index in [2.05, 4.69) is 41.4 Å². The first kappa shape index (κ1) is 23.4. The molecule has 2 N–H and O–H groups in total. The summed E-state index contributed by atoms with van der Waals surface area (Å²) in [6, 6.07) is 6.73. The number of nitrogens with one attached hydrogen (secondary N) is 2. The second-order valence-corrected chi connectivity index (χ2v) is 7.22. The summed E-state index contributed by atoms with van der Waals surface area (Å²) < 4.78 is 18.9. The van der Waals surface area contributed by atoms with Gasteiger partial charge in [-0.25, -0.2) is 14.4 Å². The monoisotopic (exact) mass is 488 g/mol. The summed E-state index contributed by atoms with van der Waals surface area (Å²) in [5, 5.41) is 6.50. The van der Waals surface area contributed by atoms with Crippen molar-refractivity contribution in [2.24, 2.45) is 4.99 Å². The van der Waals surface area contributed by atoms with Crippen molar-refractivity contribution in [1.29, 1.82) is 0 Å². The third-order valence-electron chi connectivity index (χ3n) is 3.83. The molecule has 0 radical (unpaired) electrons. The van der Waals surface area contributed by atoms with Gasteiger partial charge in [-0.15, -0.1) is 24.0 Å². The molecule has 0 saturated carbocycles. The Labute approximate surface area is 178 Å². The maximum Gasteiger partial charge on any atom is 0.216 e. The molecule has 1 heterocycles. The lowest BCUT2D eigenvalue weighted by Gasteiger charge is -2.13. The number of guanidine groups is 1. The average Bonchev–Trinajstić information content (AvgIpc) is 3.06. The Balaban J connectivity index is 0.00000364. The maximum absolute atomic E-state index is 13.2. The van der Waals surface area contributed by atoms with Crippen LogP contribution in [0.25, 0.3) is 0 Å². The number of oxazole rings is 1. The van der Waals surface area contributed by atoms with Crippen molar-refractivity contribution >= 4 is 29.9 Å². The third-order valence-corrected chi connectivity index (χ3v) is 3.83. The predicted octanol–water partition coefficient (Wildman–Crippen LogP) is 4.42. The van der Waals surface area contributed by atoms with Gasteiger partial charge in [0.15, 0.2) is 5.96 Å². The zero-order valence-corrected chi connectivity index (χ0v) is 18.8. The van der Waals surface area contributed by atoms with Crippen LogP contribution in [-0.2, 0) is 18.4 Å². The van der Waals surface area contributed by atoms with Crippen LogP contribution in [0, 0.1) is 5.82 Å². The van der Waals surface area contributed by atoms with E-state index in [0.29, 0.717) is 12.4 Å². The van der Waals surface area contributed by atoms with E-state index in [1.54, 1.807) is 18.3 Å². The van der Waals surface area contributed by atoms with Gasteiger partial charge in [0.1, 0.15) is 18.1 Å². The fraction of sp³-hybridized carbons (Fsp3) is 0.500. The summed E-state index contributed by atoms with van der Waals surface area (Å²) in [5.74, 6) is 2.00. The molecule has 0 unspecified atom stereocenters. The van der Waals surface area contributed by atoms with Crippen LogP contribution in [0.2, 0.25) is 0 Å². The van der Waals surface area contributed by atoms with Crippen molar-refractivity contribution in [2.75, 3.05) is 13.1 Å². The molecule has 2 aromatic rings. The van der Waals surface area contributed by atoms with Crippen LogP contribution in [-0.4, -0.2) is 24.0 Å². The van der Waals surface area contributed by atoms with Gasteiger partial charge in [0.2, 0.25) is 5.89 Å². The molecule has 0 fully saturated rings. The van der Waals surface area contributed by atoms with Gasteiger partial charge in [-0.05, 0) is 37.5 Å². The highest BCUT2D eigenvalue weighted by Crippen LogP contribution is 2.22. The lowest BCUT2D eigenvalue weighted by molar-refractivity contribution is 0.383. The molecule has 2 rings (SSSR count). The highest BCUT2D eigenvalue weighted by Gasteiger charge is 2.18. The van der Waals surface area contributed by atoms with Crippen LogP contribution in [0.4, 0.5) is 4.39 Å². The Hall–Kier alpha value is -1.64. The molecule has 0 saturated heterocycles. The van der Waals surface area contributed by atoms with E-state index in [0.717, 1.165) is 43.2 Å². The number of benzene rings is 1. The SMILES string of the molecule is CCNC(=NCc1ncc(C(C)(C)C)o1)NCCCc1cccc(F)c1.I. The third kappa shape index (κ3) is 8.28. The Morgan fingerprint density at radius 1 is 1.26 bits per heavy atom. The minimum atomic E-state index is -0.189. The summed E-state index contributed by atoms with van der Waals surface area (Å²) >= 11 is 0. The topological polar surface area (TPSA) is 62.5 Å². The van der Waals surface area contributed by atoms with Crippen molar-refractivity contribution in [3.05, 3.63) is 53.5 Å². The lowest BCUT2D eigenvalue weighted by Crippen LogP contribution is -2.37. The van der Waals surface area contributed by atoms with E-state index in [1.807, 2.05) is 13.0 Å². The van der Waals surface area contributed by atoms with E-state index >= 15 is 0 Å². The minimum absolute atomic E-state index is 0. The fourth-order valence-corrected chi connectivity index (χ4v) is 2.41. The average molecular weight is 488 g/mol. The zero-order chi connectivity index (χ0) is 19.0. The van der Waals surface area contributed by atoms with E-state index < -0.39 is 0 Å². The fourth-order valence-electron chi connectivity index (χ4n) is 2.41. The molecular weight excluding hydrogens is 458 g/mol. The van der Waals surface area contributed by atoms with E-state index in [4.69, 9.17) is 4.42 Å². The van der Waals surface area contributed by atoms with Gasteiger partial charge < -0.3 is 15.1 Å². The smallest absolute Gasteiger partial charge is 0.216 e. The first-order valence-electron chi connectivity index (χ1n) is 9.10. The van der Waals surface area contributed by atoms with Crippen molar-refractivity contribution in [1.82, 2.24) is 15.6 Å². The first-order valence-corrected chi connectivity index (χ1v) is 9.10. The molecule has 0 aliphatic carbocycles. The standard InChI is InChI=1S/C20H29FN4O.HI/c1-5-22-19(23-11-7-9-15-8-6-10-16(21)12-15)25-14-18-24-13-17(26-18)20(2,3)4;/h6,8,10,12-13H,5,7,9,11,14H2,1-4H3,(H2,22,23,25);1H. The maximum atomic E-state index is 13.2. The van der Waals surface area contributed by atoms with Gasteiger partial charge in [-0.3, -0.25) is 0 Å². The van der Waals surface area contributed by atoms with Crippen molar-refractivity contribution in [3.8, 4) is 0 Å². The second-order valence-electron chi connectivity index (χ2n) is 7.22. The summed E-state index contributed by atoms with van der Waals surface area (Å²) in [7, 11) is 0. The van der Waals surface area contributed by atoms with Crippen LogP contribution in [0.3, 0.4) is 0 Å². The molecule has 5 nitrogen and oxygen atoms in total. The predicted molar refractivity (Wildman–Crippen MR) is 118 cm³/mol. The van der Waals surface area contributed by atoms with Gasteiger partial charge in [-0.2, -0.15) is 0 Å². The van der Waals surface area contributed by atoms with Crippen LogP contribution in [0.1, 0.15) is 51.3 Å². The second kappa shape index (κ2) is 11.3. The number of halogens is 2. The van der Waals surface area contributed by atoms with Crippen molar-refractivity contribution < 1.29 is 8.81 Å². The summed E-state index contributed by atoms with van der Waals surface area (Å²) in [4.78, 5) is 8.81. The number of aliphatic imine (C=N–C) groups is 1. The molecule has 0 spiro atoms. The number of aryl methyl sites for hydroxylation is 1. The Morgan fingerprint density at radius 3 is 2.67 bits per heavy atom. The van der Waals surface area contributed by atoms with Crippen LogP contribution < -0.4 is 10.6 Å². The van der Waals surface area contributed by atoms with Crippen LogP contribution in [0.15, 0.2) is 39.9 Å². The van der Waals surface area contributed by atoms with Crippen molar-refractivity contribution in [2.45, 2.75) is 52.5 Å². The van der Waals surface area contributed by atoms with Crippen molar-refractivity contribution in [3.63, 3.8) is 0 Å². The Morgan fingerprint density at radius 2 is 2.04 bits per heavy atom. The molecule has 0 aliphatic rings. The molecular formula is C20H30FIN4O. The first-order chi connectivity index (χ1) is 12.4. The largest absolute Gasteiger partial charge is 0.443 e. The Bertz CT molecular complexity index is 725. The number of hydrogen-bond donors (Lipinski definition) is 2. The molecule has 1 aromatic carbocycles. The highest BCUT2D eigenvalue weighted by molar-refractivity contribution is 14.0. The molecule has 0 aliphatic heterocycles. The van der Waals surface area contributed by atoms with Crippen LogP contribution in [0.5, 0.6) is 0 Å². The Kier molecular flexibility index (Phi) is 9.76.